The molecule has 0 saturated carbocycles. The molecule has 1 amide bonds. The molecule has 7 nitrogen and oxygen atoms in total. The summed E-state index contributed by atoms with van der Waals surface area (Å²) >= 11 is 7.36. The van der Waals surface area contributed by atoms with Gasteiger partial charge in [-0.1, -0.05) is 60.1 Å². The summed E-state index contributed by atoms with van der Waals surface area (Å²) in [6, 6.07) is 22.1. The fourth-order valence-corrected chi connectivity index (χ4v) is 4.24. The van der Waals surface area contributed by atoms with Gasteiger partial charge in [-0.2, -0.15) is 5.10 Å². The molecule has 4 aromatic rings. The van der Waals surface area contributed by atoms with Crippen LogP contribution in [0.4, 0.5) is 0 Å². The standard InChI is InChI=1S/C26H24ClN5O2S/c1-3-23(18-8-14-22(33)15-9-18)28-29-24(34)16-35-26-31-30-25(19-6-4-17(2)5-7-19)32(26)21-12-10-20(27)11-13-21/h4-15,33H,3,16H2,1-2H3,(H,29,34). The molecule has 0 spiro atoms. The molecule has 0 saturated heterocycles. The first-order chi connectivity index (χ1) is 16.9. The fourth-order valence-electron chi connectivity index (χ4n) is 3.37. The summed E-state index contributed by atoms with van der Waals surface area (Å²) in [6.45, 7) is 3.98. The van der Waals surface area contributed by atoms with E-state index in [1.54, 1.807) is 36.4 Å². The van der Waals surface area contributed by atoms with Crippen LogP contribution in [0.15, 0.2) is 83.1 Å². The lowest BCUT2D eigenvalue weighted by atomic mass is 10.1. The second-order valence-electron chi connectivity index (χ2n) is 7.77. The van der Waals surface area contributed by atoms with Crippen LogP contribution in [0.3, 0.4) is 0 Å². The summed E-state index contributed by atoms with van der Waals surface area (Å²) in [6.07, 6.45) is 0.628. The van der Waals surface area contributed by atoms with Crippen molar-refractivity contribution < 1.29 is 9.90 Å². The number of aromatic nitrogens is 3. The van der Waals surface area contributed by atoms with Gasteiger partial charge in [0.2, 0.25) is 0 Å². The third kappa shape index (κ3) is 6.09. The Kier molecular flexibility index (Phi) is 7.84. The largest absolute Gasteiger partial charge is 0.508 e. The Bertz CT molecular complexity index is 1330. The number of hydrazone groups is 1. The highest BCUT2D eigenvalue weighted by Crippen LogP contribution is 2.28. The van der Waals surface area contributed by atoms with Crippen molar-refractivity contribution >= 4 is 35.0 Å². The number of hydrogen-bond donors (Lipinski definition) is 2. The van der Waals surface area contributed by atoms with Crippen molar-refractivity contribution in [3.05, 3.63) is 88.9 Å². The number of carbonyl (C=O) groups is 1. The number of amides is 1. The van der Waals surface area contributed by atoms with Crippen LogP contribution < -0.4 is 5.43 Å². The number of halogens is 1. The van der Waals surface area contributed by atoms with E-state index in [0.717, 1.165) is 22.4 Å². The highest BCUT2D eigenvalue weighted by molar-refractivity contribution is 7.99. The summed E-state index contributed by atoms with van der Waals surface area (Å²) in [5.74, 6) is 0.700. The van der Waals surface area contributed by atoms with Crippen molar-refractivity contribution in [1.29, 1.82) is 0 Å². The number of thioether (sulfide) groups is 1. The SMILES string of the molecule is CCC(=NNC(=O)CSc1nnc(-c2ccc(C)cc2)n1-c1ccc(Cl)cc1)c1ccc(O)cc1. The number of benzene rings is 3. The van der Waals surface area contributed by atoms with Crippen LogP contribution in [0.1, 0.15) is 24.5 Å². The Hall–Kier alpha value is -3.62. The van der Waals surface area contributed by atoms with Gasteiger partial charge in [0.1, 0.15) is 5.75 Å². The number of phenols is 1. The third-order valence-electron chi connectivity index (χ3n) is 5.21. The zero-order valence-corrected chi connectivity index (χ0v) is 20.8. The van der Waals surface area contributed by atoms with Crippen LogP contribution in [0, 0.1) is 6.92 Å². The van der Waals surface area contributed by atoms with Crippen LogP contribution in [-0.2, 0) is 4.79 Å². The molecule has 0 unspecified atom stereocenters. The van der Waals surface area contributed by atoms with Gasteiger partial charge in [-0.3, -0.25) is 9.36 Å². The molecule has 2 N–H and O–H groups in total. The number of nitrogens with one attached hydrogen (secondary N) is 1. The van der Waals surface area contributed by atoms with Crippen molar-refractivity contribution in [2.75, 3.05) is 5.75 Å². The van der Waals surface area contributed by atoms with Gasteiger partial charge in [-0.25, -0.2) is 5.43 Å². The van der Waals surface area contributed by atoms with Crippen LogP contribution in [0.5, 0.6) is 5.75 Å². The summed E-state index contributed by atoms with van der Waals surface area (Å²) in [4.78, 5) is 12.6. The second-order valence-corrected chi connectivity index (χ2v) is 9.15. The Morgan fingerprint density at radius 1 is 1.03 bits per heavy atom. The number of nitrogens with zero attached hydrogens (tertiary/aromatic N) is 4. The van der Waals surface area contributed by atoms with Crippen LogP contribution in [0.25, 0.3) is 17.1 Å². The molecule has 1 aromatic heterocycles. The zero-order valence-electron chi connectivity index (χ0n) is 19.3. The summed E-state index contributed by atoms with van der Waals surface area (Å²) < 4.78 is 1.91. The summed E-state index contributed by atoms with van der Waals surface area (Å²) in [5.41, 5.74) is 7.08. The second kappa shape index (κ2) is 11.2. The van der Waals surface area contributed by atoms with Crippen molar-refractivity contribution in [2.45, 2.75) is 25.4 Å². The lowest BCUT2D eigenvalue weighted by molar-refractivity contribution is -0.118. The minimum absolute atomic E-state index is 0.107. The number of carbonyl (C=O) groups excluding carboxylic acids is 1. The summed E-state index contributed by atoms with van der Waals surface area (Å²) in [7, 11) is 0. The number of rotatable bonds is 8. The number of aryl methyl sites for hydroxylation is 1. The Labute approximate surface area is 212 Å². The predicted octanol–water partition coefficient (Wildman–Crippen LogP) is 5.62. The maximum Gasteiger partial charge on any atom is 0.250 e. The molecule has 4 rings (SSSR count). The molecule has 0 aliphatic carbocycles. The Morgan fingerprint density at radius 2 is 1.71 bits per heavy atom. The molecular formula is C26H24ClN5O2S. The molecule has 0 bridgehead atoms. The molecule has 0 fully saturated rings. The van der Waals surface area contributed by atoms with E-state index in [1.165, 1.54) is 11.8 Å². The van der Waals surface area contributed by atoms with E-state index < -0.39 is 0 Å². The molecule has 9 heteroatoms. The van der Waals surface area contributed by atoms with Crippen molar-refractivity contribution in [1.82, 2.24) is 20.2 Å². The van der Waals surface area contributed by atoms with Gasteiger partial charge < -0.3 is 5.11 Å². The first-order valence-electron chi connectivity index (χ1n) is 11.0. The molecule has 0 aliphatic rings. The van der Waals surface area contributed by atoms with E-state index in [4.69, 9.17) is 11.6 Å². The van der Waals surface area contributed by atoms with Gasteiger partial charge in [-0.05, 0) is 67.4 Å². The highest BCUT2D eigenvalue weighted by atomic mass is 35.5. The number of phenolic OH excluding ortho intramolecular Hbond substituents is 1. The van der Waals surface area contributed by atoms with Crippen molar-refractivity contribution in [2.24, 2.45) is 5.10 Å². The van der Waals surface area contributed by atoms with E-state index in [0.29, 0.717) is 28.1 Å². The third-order valence-corrected chi connectivity index (χ3v) is 6.39. The molecule has 1 heterocycles. The fraction of sp³-hybridized carbons (Fsp3) is 0.154. The molecule has 35 heavy (non-hydrogen) atoms. The molecule has 0 aliphatic heterocycles. The van der Waals surface area contributed by atoms with E-state index in [1.807, 2.05) is 54.8 Å². The first-order valence-corrected chi connectivity index (χ1v) is 12.4. The highest BCUT2D eigenvalue weighted by Gasteiger charge is 2.17. The molecule has 0 atom stereocenters. The minimum atomic E-state index is -0.262. The van der Waals surface area contributed by atoms with Crippen molar-refractivity contribution in [3.63, 3.8) is 0 Å². The molecular weight excluding hydrogens is 482 g/mol. The quantitative estimate of drug-likeness (QED) is 0.184. The lowest BCUT2D eigenvalue weighted by Gasteiger charge is -2.11. The topological polar surface area (TPSA) is 92.4 Å². The molecule has 0 radical (unpaired) electrons. The van der Waals surface area contributed by atoms with Gasteiger partial charge in [0.05, 0.1) is 11.5 Å². The summed E-state index contributed by atoms with van der Waals surface area (Å²) in [5, 5.41) is 23.7. The van der Waals surface area contributed by atoms with E-state index in [-0.39, 0.29) is 17.4 Å². The van der Waals surface area contributed by atoms with Gasteiger partial charge >= 0.3 is 0 Å². The number of aromatic hydroxyl groups is 1. The van der Waals surface area contributed by atoms with Crippen LogP contribution >= 0.6 is 23.4 Å². The average molecular weight is 506 g/mol. The van der Waals surface area contributed by atoms with Crippen LogP contribution in [-0.4, -0.2) is 37.2 Å². The van der Waals surface area contributed by atoms with Gasteiger partial charge in [-0.15, -0.1) is 10.2 Å². The Morgan fingerprint density at radius 3 is 2.37 bits per heavy atom. The number of hydrogen-bond acceptors (Lipinski definition) is 6. The Balaban J connectivity index is 1.53. The van der Waals surface area contributed by atoms with Gasteiger partial charge in [0.25, 0.3) is 5.91 Å². The first kappa shape index (κ1) is 24.5. The maximum absolute atomic E-state index is 12.6. The lowest BCUT2D eigenvalue weighted by Crippen LogP contribution is -2.22. The maximum atomic E-state index is 12.6. The van der Waals surface area contributed by atoms with Crippen molar-refractivity contribution in [3.8, 4) is 22.8 Å². The van der Waals surface area contributed by atoms with E-state index in [2.05, 4.69) is 20.7 Å². The van der Waals surface area contributed by atoms with Crippen LogP contribution in [0.2, 0.25) is 5.02 Å². The van der Waals surface area contributed by atoms with Gasteiger partial charge in [0, 0.05) is 16.3 Å². The normalized spacial score (nSPS) is 11.5. The van der Waals surface area contributed by atoms with E-state index in [9.17, 15) is 9.90 Å². The monoisotopic (exact) mass is 505 g/mol. The van der Waals surface area contributed by atoms with Gasteiger partial charge in [0.15, 0.2) is 11.0 Å². The average Bonchev–Trinajstić information content (AvgIpc) is 3.29. The predicted molar refractivity (Wildman–Crippen MR) is 140 cm³/mol. The minimum Gasteiger partial charge on any atom is -0.508 e. The molecule has 3 aromatic carbocycles. The molecule has 178 valence electrons. The smallest absolute Gasteiger partial charge is 0.250 e. The van der Waals surface area contributed by atoms with E-state index >= 15 is 0 Å². The zero-order chi connectivity index (χ0) is 24.8.